The molecule has 82 valence electrons. The molecule has 0 aliphatic carbocycles. The topological polar surface area (TPSA) is 58.6 Å². The Labute approximate surface area is 84.6 Å². The molecule has 1 amide bonds. The third kappa shape index (κ3) is 4.07. The van der Waals surface area contributed by atoms with E-state index in [0.29, 0.717) is 6.42 Å². The van der Waals surface area contributed by atoms with Gasteiger partial charge in [-0.15, -0.1) is 0 Å². The Bertz CT molecular complexity index is 178. The van der Waals surface area contributed by atoms with Gasteiger partial charge >= 0.3 is 0 Å². The van der Waals surface area contributed by atoms with E-state index in [4.69, 9.17) is 9.84 Å². The molecule has 0 aromatic rings. The molecule has 2 N–H and O–H groups in total. The van der Waals surface area contributed by atoms with Crippen LogP contribution in [0.2, 0.25) is 0 Å². The minimum atomic E-state index is -0.146. The molecular formula is C10H19NO3. The third-order valence-corrected chi connectivity index (χ3v) is 2.40. The van der Waals surface area contributed by atoms with Crippen molar-refractivity contribution in [3.63, 3.8) is 0 Å². The molecule has 0 saturated carbocycles. The molecule has 0 bridgehead atoms. The van der Waals surface area contributed by atoms with Crippen molar-refractivity contribution in [1.82, 2.24) is 5.32 Å². The van der Waals surface area contributed by atoms with Gasteiger partial charge in [0.25, 0.3) is 0 Å². The Kier molecular flexibility index (Phi) is 4.90. The maximum atomic E-state index is 11.3. The summed E-state index contributed by atoms with van der Waals surface area (Å²) in [6.45, 7) is 2.61. The van der Waals surface area contributed by atoms with E-state index in [-0.39, 0.29) is 24.7 Å². The second-order valence-corrected chi connectivity index (χ2v) is 3.82. The molecule has 1 heterocycles. The van der Waals surface area contributed by atoms with Gasteiger partial charge < -0.3 is 15.2 Å². The zero-order valence-corrected chi connectivity index (χ0v) is 8.66. The summed E-state index contributed by atoms with van der Waals surface area (Å²) in [4.78, 5) is 11.3. The SMILES string of the molecule is C[C@H](CO)NC(=O)CC[C@H]1CCCO1. The van der Waals surface area contributed by atoms with E-state index in [1.165, 1.54) is 0 Å². The molecule has 0 spiro atoms. The number of ether oxygens (including phenoxy) is 1. The first kappa shape index (κ1) is 11.5. The van der Waals surface area contributed by atoms with Crippen LogP contribution in [-0.4, -0.2) is 36.4 Å². The third-order valence-electron chi connectivity index (χ3n) is 2.40. The predicted molar refractivity (Wildman–Crippen MR) is 52.9 cm³/mol. The van der Waals surface area contributed by atoms with Crippen LogP contribution in [0.3, 0.4) is 0 Å². The van der Waals surface area contributed by atoms with Crippen molar-refractivity contribution in [2.75, 3.05) is 13.2 Å². The molecule has 1 fully saturated rings. The highest BCUT2D eigenvalue weighted by Gasteiger charge is 2.16. The van der Waals surface area contributed by atoms with Crippen LogP contribution in [-0.2, 0) is 9.53 Å². The fraction of sp³-hybridized carbons (Fsp3) is 0.900. The number of aliphatic hydroxyl groups is 1. The van der Waals surface area contributed by atoms with Crippen LogP contribution in [0.5, 0.6) is 0 Å². The number of aliphatic hydroxyl groups excluding tert-OH is 1. The van der Waals surface area contributed by atoms with Gasteiger partial charge in [-0.25, -0.2) is 0 Å². The molecule has 1 aliphatic rings. The maximum Gasteiger partial charge on any atom is 0.220 e. The lowest BCUT2D eigenvalue weighted by molar-refractivity contribution is -0.122. The van der Waals surface area contributed by atoms with Gasteiger partial charge in [0.2, 0.25) is 5.91 Å². The summed E-state index contributed by atoms with van der Waals surface area (Å²) >= 11 is 0. The lowest BCUT2D eigenvalue weighted by Gasteiger charge is -2.12. The van der Waals surface area contributed by atoms with Crippen LogP contribution in [0.25, 0.3) is 0 Å². The second kappa shape index (κ2) is 5.98. The van der Waals surface area contributed by atoms with Gasteiger partial charge in [0.15, 0.2) is 0 Å². The second-order valence-electron chi connectivity index (χ2n) is 3.82. The largest absolute Gasteiger partial charge is 0.394 e. The number of nitrogens with one attached hydrogen (secondary N) is 1. The van der Waals surface area contributed by atoms with Gasteiger partial charge in [-0.3, -0.25) is 4.79 Å². The van der Waals surface area contributed by atoms with Gasteiger partial charge in [-0.05, 0) is 26.2 Å². The number of carbonyl (C=O) groups excluding carboxylic acids is 1. The van der Waals surface area contributed by atoms with Gasteiger partial charge in [-0.1, -0.05) is 0 Å². The Morgan fingerprint density at radius 3 is 3.07 bits per heavy atom. The van der Waals surface area contributed by atoms with Crippen molar-refractivity contribution in [2.24, 2.45) is 0 Å². The molecule has 4 heteroatoms. The zero-order chi connectivity index (χ0) is 10.4. The van der Waals surface area contributed by atoms with Crippen molar-refractivity contribution in [3.05, 3.63) is 0 Å². The number of rotatable bonds is 5. The van der Waals surface area contributed by atoms with E-state index in [9.17, 15) is 4.79 Å². The van der Waals surface area contributed by atoms with Crippen LogP contribution >= 0.6 is 0 Å². The van der Waals surface area contributed by atoms with Gasteiger partial charge in [0, 0.05) is 19.1 Å². The first-order chi connectivity index (χ1) is 6.72. The molecule has 1 saturated heterocycles. The van der Waals surface area contributed by atoms with Crippen LogP contribution in [0.1, 0.15) is 32.6 Å². The standard InChI is InChI=1S/C10H19NO3/c1-8(7-12)11-10(13)5-4-9-3-2-6-14-9/h8-9,12H,2-7H2,1H3,(H,11,13)/t8-,9-/m1/s1. The first-order valence-electron chi connectivity index (χ1n) is 5.24. The fourth-order valence-corrected chi connectivity index (χ4v) is 1.56. The monoisotopic (exact) mass is 201 g/mol. The summed E-state index contributed by atoms with van der Waals surface area (Å²) in [5, 5.41) is 11.4. The quantitative estimate of drug-likeness (QED) is 0.678. The Morgan fingerprint density at radius 2 is 2.50 bits per heavy atom. The molecule has 2 atom stereocenters. The molecule has 1 rings (SSSR count). The van der Waals surface area contributed by atoms with E-state index in [1.807, 2.05) is 0 Å². The summed E-state index contributed by atoms with van der Waals surface area (Å²) < 4.78 is 5.41. The minimum absolute atomic E-state index is 0.00190. The average molecular weight is 201 g/mol. The first-order valence-corrected chi connectivity index (χ1v) is 5.24. The van der Waals surface area contributed by atoms with Crippen molar-refractivity contribution in [1.29, 1.82) is 0 Å². The van der Waals surface area contributed by atoms with Gasteiger partial charge in [0.1, 0.15) is 0 Å². The smallest absolute Gasteiger partial charge is 0.220 e. The Balaban J connectivity index is 2.08. The van der Waals surface area contributed by atoms with E-state index in [2.05, 4.69) is 5.32 Å². The lowest BCUT2D eigenvalue weighted by atomic mass is 10.1. The molecule has 0 aromatic heterocycles. The van der Waals surface area contributed by atoms with Crippen molar-refractivity contribution < 1.29 is 14.6 Å². The van der Waals surface area contributed by atoms with E-state index < -0.39 is 0 Å². The molecule has 0 unspecified atom stereocenters. The normalized spacial score (nSPS) is 23.4. The molecule has 14 heavy (non-hydrogen) atoms. The Hall–Kier alpha value is -0.610. The van der Waals surface area contributed by atoms with Crippen molar-refractivity contribution in [2.45, 2.75) is 44.8 Å². The average Bonchev–Trinajstić information content (AvgIpc) is 2.67. The fourth-order valence-electron chi connectivity index (χ4n) is 1.56. The van der Waals surface area contributed by atoms with Gasteiger partial charge in [0.05, 0.1) is 12.7 Å². The summed E-state index contributed by atoms with van der Waals surface area (Å²) in [6.07, 6.45) is 3.74. The number of carbonyl (C=O) groups is 1. The Morgan fingerprint density at radius 1 is 1.71 bits per heavy atom. The summed E-state index contributed by atoms with van der Waals surface area (Å²) in [6, 6.07) is -0.146. The molecule has 0 aromatic carbocycles. The zero-order valence-electron chi connectivity index (χ0n) is 8.66. The van der Waals surface area contributed by atoms with Crippen LogP contribution in [0.15, 0.2) is 0 Å². The number of hydrogen-bond acceptors (Lipinski definition) is 3. The predicted octanol–water partition coefficient (Wildman–Crippen LogP) is 0.443. The summed E-state index contributed by atoms with van der Waals surface area (Å²) in [7, 11) is 0. The van der Waals surface area contributed by atoms with Crippen LogP contribution in [0.4, 0.5) is 0 Å². The van der Waals surface area contributed by atoms with E-state index >= 15 is 0 Å². The van der Waals surface area contributed by atoms with Crippen LogP contribution < -0.4 is 5.32 Å². The maximum absolute atomic E-state index is 11.3. The lowest BCUT2D eigenvalue weighted by Crippen LogP contribution is -2.35. The molecular weight excluding hydrogens is 182 g/mol. The van der Waals surface area contributed by atoms with Crippen molar-refractivity contribution >= 4 is 5.91 Å². The van der Waals surface area contributed by atoms with E-state index in [0.717, 1.165) is 25.9 Å². The van der Waals surface area contributed by atoms with Gasteiger partial charge in [-0.2, -0.15) is 0 Å². The van der Waals surface area contributed by atoms with E-state index in [1.54, 1.807) is 6.92 Å². The number of hydrogen-bond donors (Lipinski definition) is 2. The highest BCUT2D eigenvalue weighted by Crippen LogP contribution is 2.16. The van der Waals surface area contributed by atoms with Crippen LogP contribution in [0, 0.1) is 0 Å². The highest BCUT2D eigenvalue weighted by atomic mass is 16.5. The summed E-state index contributed by atoms with van der Waals surface area (Å²) in [5.74, 6) is 0.00190. The van der Waals surface area contributed by atoms with Crippen molar-refractivity contribution in [3.8, 4) is 0 Å². The molecule has 1 aliphatic heterocycles. The minimum Gasteiger partial charge on any atom is -0.394 e. The highest BCUT2D eigenvalue weighted by molar-refractivity contribution is 5.76. The molecule has 0 radical (unpaired) electrons. The summed E-state index contributed by atoms with van der Waals surface area (Å²) in [5.41, 5.74) is 0. The number of amides is 1. The molecule has 4 nitrogen and oxygen atoms in total.